The molecule has 138 valence electrons. The van der Waals surface area contributed by atoms with E-state index < -0.39 is 0 Å². The van der Waals surface area contributed by atoms with Crippen LogP contribution in [0, 0.1) is 5.41 Å². The lowest BCUT2D eigenvalue weighted by molar-refractivity contribution is 0.0607. The van der Waals surface area contributed by atoms with Gasteiger partial charge in [-0.3, -0.25) is 9.69 Å². The fraction of sp³-hybridized carbons (Fsp3) is 0.667. The largest absolute Gasteiger partial charge is 0.339 e. The average molecular weight is 344 g/mol. The summed E-state index contributed by atoms with van der Waals surface area (Å²) in [6, 6.07) is 8.78. The van der Waals surface area contributed by atoms with E-state index in [9.17, 15) is 4.79 Å². The van der Waals surface area contributed by atoms with Crippen molar-refractivity contribution in [1.29, 1.82) is 0 Å². The van der Waals surface area contributed by atoms with Crippen LogP contribution in [0.4, 0.5) is 0 Å². The Morgan fingerprint density at radius 3 is 2.40 bits per heavy atom. The summed E-state index contributed by atoms with van der Waals surface area (Å²) >= 11 is 0. The maximum absolute atomic E-state index is 12.8. The van der Waals surface area contributed by atoms with E-state index in [0.717, 1.165) is 57.7 Å². The van der Waals surface area contributed by atoms with Crippen molar-refractivity contribution in [3.05, 3.63) is 35.4 Å². The summed E-state index contributed by atoms with van der Waals surface area (Å²) in [7, 11) is 0. The van der Waals surface area contributed by atoms with Gasteiger partial charge in [0.2, 0.25) is 0 Å². The van der Waals surface area contributed by atoms with Gasteiger partial charge in [0, 0.05) is 37.8 Å². The Morgan fingerprint density at radius 2 is 1.88 bits per heavy atom. The van der Waals surface area contributed by atoms with Crippen LogP contribution in [0.15, 0.2) is 24.3 Å². The minimum absolute atomic E-state index is 0.198. The van der Waals surface area contributed by atoms with Crippen molar-refractivity contribution in [2.24, 2.45) is 5.41 Å². The molecule has 1 spiro atoms. The summed E-state index contributed by atoms with van der Waals surface area (Å²) in [5, 5.41) is 3.49. The number of nitrogens with one attached hydrogen (secondary N) is 1. The third-order valence-corrected chi connectivity index (χ3v) is 6.17. The number of amides is 1. The van der Waals surface area contributed by atoms with Gasteiger partial charge in [0.05, 0.1) is 0 Å². The van der Waals surface area contributed by atoms with Gasteiger partial charge in [0.15, 0.2) is 0 Å². The number of piperidine rings is 1. The van der Waals surface area contributed by atoms with Crippen molar-refractivity contribution in [2.45, 2.75) is 52.6 Å². The van der Waals surface area contributed by atoms with Crippen LogP contribution < -0.4 is 5.32 Å². The molecule has 0 radical (unpaired) electrons. The van der Waals surface area contributed by atoms with Gasteiger partial charge in [-0.05, 0) is 69.3 Å². The van der Waals surface area contributed by atoms with Crippen LogP contribution in [-0.2, 0) is 6.54 Å². The van der Waals surface area contributed by atoms with Crippen molar-refractivity contribution in [2.75, 3.05) is 32.7 Å². The number of hydrogen-bond acceptors (Lipinski definition) is 3. The Kier molecular flexibility index (Phi) is 5.80. The monoisotopic (exact) mass is 343 g/mol. The number of nitrogens with zero attached hydrogens (tertiary/aromatic N) is 2. The van der Waals surface area contributed by atoms with Crippen molar-refractivity contribution < 1.29 is 4.79 Å². The van der Waals surface area contributed by atoms with Gasteiger partial charge in [-0.1, -0.05) is 19.1 Å². The molecule has 1 N–H and O–H groups in total. The first-order valence-corrected chi connectivity index (χ1v) is 9.86. The maximum atomic E-state index is 12.8. The minimum atomic E-state index is 0.198. The zero-order valence-corrected chi connectivity index (χ0v) is 16.1. The molecule has 1 aromatic rings. The predicted octanol–water partition coefficient (Wildman–Crippen LogP) is 3.13. The number of likely N-dealkylation sites (tertiary alicyclic amines) is 1. The third kappa shape index (κ3) is 4.24. The fourth-order valence-corrected chi connectivity index (χ4v) is 4.24. The number of benzene rings is 1. The molecule has 25 heavy (non-hydrogen) atoms. The van der Waals surface area contributed by atoms with Gasteiger partial charge in [-0.25, -0.2) is 0 Å². The van der Waals surface area contributed by atoms with E-state index in [1.54, 1.807) is 0 Å². The zero-order valence-electron chi connectivity index (χ0n) is 16.1. The summed E-state index contributed by atoms with van der Waals surface area (Å²) in [6.07, 6.45) is 3.56. The molecule has 0 unspecified atom stereocenters. The molecule has 4 nitrogen and oxygen atoms in total. The van der Waals surface area contributed by atoms with E-state index in [0.29, 0.717) is 11.5 Å². The van der Waals surface area contributed by atoms with E-state index in [2.05, 4.69) is 43.1 Å². The molecule has 2 aliphatic heterocycles. The molecule has 0 aliphatic carbocycles. The minimum Gasteiger partial charge on any atom is -0.339 e. The Balaban J connectivity index is 1.57. The van der Waals surface area contributed by atoms with Crippen molar-refractivity contribution in [1.82, 2.24) is 15.1 Å². The SMILES string of the molecule is CCN(Cc1ccc(C(=O)N2CCC3(CCNC3)CC2)cc1)C(C)C. The summed E-state index contributed by atoms with van der Waals surface area (Å²) in [5.41, 5.74) is 2.57. The Labute approximate surface area is 152 Å². The van der Waals surface area contributed by atoms with Crippen LogP contribution in [0.3, 0.4) is 0 Å². The molecular formula is C21H33N3O. The van der Waals surface area contributed by atoms with E-state index >= 15 is 0 Å². The number of carbonyl (C=O) groups excluding carboxylic acids is 1. The third-order valence-electron chi connectivity index (χ3n) is 6.17. The first kappa shape index (κ1) is 18.4. The molecule has 2 saturated heterocycles. The predicted molar refractivity (Wildman–Crippen MR) is 103 cm³/mol. The van der Waals surface area contributed by atoms with Crippen LogP contribution in [0.25, 0.3) is 0 Å². The van der Waals surface area contributed by atoms with E-state index in [4.69, 9.17) is 0 Å². The van der Waals surface area contributed by atoms with Crippen LogP contribution in [0.2, 0.25) is 0 Å². The standard InChI is InChI=1S/C21H33N3O/c1-4-23(17(2)3)15-18-5-7-19(8-6-18)20(25)24-13-10-21(11-14-24)9-12-22-16-21/h5-8,17,22H,4,9-16H2,1-3H3. The molecule has 0 bridgehead atoms. The van der Waals surface area contributed by atoms with Crippen molar-refractivity contribution in [3.63, 3.8) is 0 Å². The Hall–Kier alpha value is -1.39. The molecule has 1 amide bonds. The number of rotatable bonds is 5. The lowest BCUT2D eigenvalue weighted by Gasteiger charge is -2.39. The summed E-state index contributed by atoms with van der Waals surface area (Å²) in [4.78, 5) is 17.3. The summed E-state index contributed by atoms with van der Waals surface area (Å²) in [6.45, 7) is 12.7. The summed E-state index contributed by atoms with van der Waals surface area (Å²) in [5.74, 6) is 0.198. The second-order valence-corrected chi connectivity index (χ2v) is 8.07. The maximum Gasteiger partial charge on any atom is 0.253 e. The molecule has 0 aromatic heterocycles. The summed E-state index contributed by atoms with van der Waals surface area (Å²) < 4.78 is 0. The van der Waals surface area contributed by atoms with Crippen LogP contribution in [0.1, 0.15) is 56.0 Å². The highest BCUT2D eigenvalue weighted by molar-refractivity contribution is 5.94. The molecule has 2 aliphatic rings. The first-order valence-electron chi connectivity index (χ1n) is 9.86. The molecule has 0 saturated carbocycles. The van der Waals surface area contributed by atoms with Gasteiger partial charge < -0.3 is 10.2 Å². The lowest BCUT2D eigenvalue weighted by atomic mass is 9.78. The quantitative estimate of drug-likeness (QED) is 0.892. The molecule has 1 aromatic carbocycles. The highest BCUT2D eigenvalue weighted by atomic mass is 16.2. The smallest absolute Gasteiger partial charge is 0.253 e. The molecule has 4 heteroatoms. The van der Waals surface area contributed by atoms with Crippen LogP contribution >= 0.6 is 0 Å². The first-order chi connectivity index (χ1) is 12.0. The molecule has 2 heterocycles. The number of hydrogen-bond donors (Lipinski definition) is 1. The average Bonchev–Trinajstić information content (AvgIpc) is 3.08. The van der Waals surface area contributed by atoms with Gasteiger partial charge in [0.25, 0.3) is 5.91 Å². The van der Waals surface area contributed by atoms with Gasteiger partial charge in [-0.15, -0.1) is 0 Å². The van der Waals surface area contributed by atoms with Crippen molar-refractivity contribution >= 4 is 5.91 Å². The highest BCUT2D eigenvalue weighted by Crippen LogP contribution is 2.37. The van der Waals surface area contributed by atoms with Crippen molar-refractivity contribution in [3.8, 4) is 0 Å². The molecule has 0 atom stereocenters. The molecular weight excluding hydrogens is 310 g/mol. The fourth-order valence-electron chi connectivity index (χ4n) is 4.24. The van der Waals surface area contributed by atoms with Gasteiger partial charge in [-0.2, -0.15) is 0 Å². The van der Waals surface area contributed by atoms with Crippen LogP contribution in [0.5, 0.6) is 0 Å². The lowest BCUT2D eigenvalue weighted by Crippen LogP contribution is -2.44. The van der Waals surface area contributed by atoms with Gasteiger partial charge >= 0.3 is 0 Å². The van der Waals surface area contributed by atoms with Crippen LogP contribution in [-0.4, -0.2) is 54.5 Å². The van der Waals surface area contributed by atoms with Gasteiger partial charge in [0.1, 0.15) is 0 Å². The van der Waals surface area contributed by atoms with E-state index in [1.165, 1.54) is 12.0 Å². The normalized spacial score (nSPS) is 20.0. The number of carbonyl (C=O) groups is 1. The van der Waals surface area contributed by atoms with E-state index in [1.807, 2.05) is 17.0 Å². The molecule has 3 rings (SSSR count). The topological polar surface area (TPSA) is 35.6 Å². The van der Waals surface area contributed by atoms with E-state index in [-0.39, 0.29) is 5.91 Å². The highest BCUT2D eigenvalue weighted by Gasteiger charge is 2.38. The zero-order chi connectivity index (χ0) is 17.9. The Bertz CT molecular complexity index is 565. The second kappa shape index (κ2) is 7.88. The molecule has 2 fully saturated rings. The second-order valence-electron chi connectivity index (χ2n) is 8.07. The Morgan fingerprint density at radius 1 is 1.20 bits per heavy atom.